The number of aliphatic carboxylic acids is 1. The second-order valence-corrected chi connectivity index (χ2v) is 6.13. The third-order valence-electron chi connectivity index (χ3n) is 2.65. The number of carbonyl (C=O) groups is 1. The van der Waals surface area contributed by atoms with Crippen molar-refractivity contribution in [2.75, 3.05) is 6.26 Å². The van der Waals surface area contributed by atoms with E-state index in [1.165, 1.54) is 0 Å². The van der Waals surface area contributed by atoms with Crippen LogP contribution < -0.4 is 9.83 Å². The molecule has 7 heteroatoms. The quantitative estimate of drug-likeness (QED) is 0.762. The number of hydrogen-bond acceptors (Lipinski definition) is 4. The first-order chi connectivity index (χ1) is 8.85. The minimum Gasteiger partial charge on any atom is -0.548 e. The Morgan fingerprint density at radius 3 is 2.68 bits per heavy atom. The number of carboxylic acid groups (broad SMARTS) is 1. The molecule has 0 bridgehead atoms. The molecule has 2 N–H and O–H groups in total. The first kappa shape index (κ1) is 13.6. The van der Waals surface area contributed by atoms with E-state index in [1.54, 1.807) is 6.07 Å². The highest BCUT2D eigenvalue weighted by molar-refractivity contribution is 7.88. The molecule has 102 valence electrons. The Morgan fingerprint density at radius 1 is 1.42 bits per heavy atom. The number of carboxylic acids is 1. The van der Waals surface area contributed by atoms with Gasteiger partial charge in [0.05, 0.1) is 18.3 Å². The minimum atomic E-state index is -3.60. The number of aromatic nitrogens is 1. The van der Waals surface area contributed by atoms with Crippen molar-refractivity contribution in [1.29, 1.82) is 0 Å². The fourth-order valence-electron chi connectivity index (χ4n) is 1.89. The van der Waals surface area contributed by atoms with Crippen molar-refractivity contribution in [3.05, 3.63) is 36.0 Å². The van der Waals surface area contributed by atoms with Gasteiger partial charge in [0.2, 0.25) is 10.0 Å². The van der Waals surface area contributed by atoms with Gasteiger partial charge in [-0.15, -0.1) is 0 Å². The number of aromatic amines is 1. The van der Waals surface area contributed by atoms with Crippen molar-refractivity contribution < 1.29 is 18.3 Å². The van der Waals surface area contributed by atoms with Crippen LogP contribution in [0, 0.1) is 0 Å². The number of rotatable bonds is 5. The lowest BCUT2D eigenvalue weighted by Crippen LogP contribution is -2.48. The van der Waals surface area contributed by atoms with Gasteiger partial charge in [0.15, 0.2) is 0 Å². The molecule has 0 saturated heterocycles. The van der Waals surface area contributed by atoms with Crippen molar-refractivity contribution in [2.45, 2.75) is 12.5 Å². The molecule has 2 rings (SSSR count). The average molecular weight is 281 g/mol. The highest BCUT2D eigenvalue weighted by Crippen LogP contribution is 2.15. The molecule has 2 aromatic rings. The number of fused-ring (bicyclic) bond motifs is 1. The summed E-state index contributed by atoms with van der Waals surface area (Å²) in [5.41, 5.74) is 1.50. The number of H-pyrrole nitrogens is 1. The zero-order valence-electron chi connectivity index (χ0n) is 10.2. The van der Waals surface area contributed by atoms with Crippen LogP contribution in [0.1, 0.15) is 5.69 Å². The van der Waals surface area contributed by atoms with Crippen molar-refractivity contribution in [1.82, 2.24) is 9.71 Å². The molecule has 1 atom stereocenters. The number of nitrogens with one attached hydrogen (secondary N) is 2. The maximum absolute atomic E-state index is 11.1. The third-order valence-corrected chi connectivity index (χ3v) is 3.36. The van der Waals surface area contributed by atoms with Crippen LogP contribution in [0.5, 0.6) is 0 Å². The van der Waals surface area contributed by atoms with Gasteiger partial charge in [0, 0.05) is 17.6 Å². The van der Waals surface area contributed by atoms with E-state index in [4.69, 9.17) is 0 Å². The average Bonchev–Trinajstić information content (AvgIpc) is 2.68. The Kier molecular flexibility index (Phi) is 3.59. The lowest BCUT2D eigenvalue weighted by Gasteiger charge is -2.17. The van der Waals surface area contributed by atoms with Crippen LogP contribution in [-0.2, 0) is 21.2 Å². The molecule has 0 spiro atoms. The van der Waals surface area contributed by atoms with Crippen molar-refractivity contribution in [3.63, 3.8) is 0 Å². The summed E-state index contributed by atoms with van der Waals surface area (Å²) in [6.07, 6.45) is 0.915. The number of benzene rings is 1. The molecule has 1 heterocycles. The maximum atomic E-state index is 11.1. The van der Waals surface area contributed by atoms with E-state index in [-0.39, 0.29) is 6.42 Å². The molecular weight excluding hydrogens is 268 g/mol. The second-order valence-electron chi connectivity index (χ2n) is 4.35. The van der Waals surface area contributed by atoms with Gasteiger partial charge >= 0.3 is 0 Å². The van der Waals surface area contributed by atoms with E-state index >= 15 is 0 Å². The Morgan fingerprint density at radius 2 is 2.11 bits per heavy atom. The van der Waals surface area contributed by atoms with E-state index < -0.39 is 22.0 Å². The molecule has 1 aromatic carbocycles. The molecule has 1 aromatic heterocycles. The lowest BCUT2D eigenvalue weighted by atomic mass is 10.1. The van der Waals surface area contributed by atoms with Crippen LogP contribution in [-0.4, -0.2) is 31.7 Å². The Labute approximate surface area is 110 Å². The normalized spacial score (nSPS) is 13.5. The highest BCUT2D eigenvalue weighted by Gasteiger charge is 2.16. The Hall–Kier alpha value is -1.86. The molecule has 0 aliphatic carbocycles. The molecule has 0 aliphatic heterocycles. The predicted octanol–water partition coefficient (Wildman–Crippen LogP) is -0.622. The zero-order chi connectivity index (χ0) is 14.0. The fourth-order valence-corrected chi connectivity index (χ4v) is 2.59. The van der Waals surface area contributed by atoms with E-state index in [0.717, 1.165) is 17.2 Å². The summed E-state index contributed by atoms with van der Waals surface area (Å²) in [7, 11) is -3.60. The molecular formula is C12H13N2O4S-. The SMILES string of the molecule is CS(=O)(=O)N[C@@H](Cc1cc2ccccc2[nH]1)C(=O)[O-]. The number of hydrogen-bond donors (Lipinski definition) is 2. The highest BCUT2D eigenvalue weighted by atomic mass is 32.2. The van der Waals surface area contributed by atoms with Crippen molar-refractivity contribution in [2.24, 2.45) is 0 Å². The third kappa shape index (κ3) is 3.55. The lowest BCUT2D eigenvalue weighted by molar-refractivity contribution is -0.307. The van der Waals surface area contributed by atoms with Crippen LogP contribution in [0.3, 0.4) is 0 Å². The standard InChI is InChI=1S/C12H14N2O4S/c1-19(17,18)14-11(12(15)16)7-9-6-8-4-2-3-5-10(8)13-9/h2-6,11,13-14H,7H2,1H3,(H,15,16)/p-1/t11-/m0/s1. The van der Waals surface area contributed by atoms with E-state index in [1.807, 2.05) is 29.0 Å². The molecule has 0 aliphatic rings. The first-order valence-electron chi connectivity index (χ1n) is 5.60. The summed E-state index contributed by atoms with van der Waals surface area (Å²) in [6.45, 7) is 0. The first-order valence-corrected chi connectivity index (χ1v) is 7.49. The molecule has 0 unspecified atom stereocenters. The molecule has 0 amide bonds. The predicted molar refractivity (Wildman–Crippen MR) is 68.8 cm³/mol. The van der Waals surface area contributed by atoms with Gasteiger partial charge in [-0.05, 0) is 17.5 Å². The molecule has 6 nitrogen and oxygen atoms in total. The molecule has 0 radical (unpaired) electrons. The summed E-state index contributed by atoms with van der Waals surface area (Å²) in [6, 6.07) is 7.96. The summed E-state index contributed by atoms with van der Waals surface area (Å²) in [4.78, 5) is 14.0. The van der Waals surface area contributed by atoms with E-state index in [2.05, 4.69) is 4.98 Å². The van der Waals surface area contributed by atoms with Gasteiger partial charge in [-0.25, -0.2) is 13.1 Å². The molecule has 0 fully saturated rings. The zero-order valence-corrected chi connectivity index (χ0v) is 11.0. The van der Waals surface area contributed by atoms with Gasteiger partial charge < -0.3 is 14.9 Å². The van der Waals surface area contributed by atoms with Crippen LogP contribution >= 0.6 is 0 Å². The van der Waals surface area contributed by atoms with Gasteiger partial charge in [-0.3, -0.25) is 0 Å². The Bertz CT molecular complexity index is 672. The van der Waals surface area contributed by atoms with Gasteiger partial charge in [-0.2, -0.15) is 0 Å². The van der Waals surface area contributed by atoms with Crippen LogP contribution in [0.2, 0.25) is 0 Å². The summed E-state index contributed by atoms with van der Waals surface area (Å²) in [5, 5.41) is 11.9. The monoisotopic (exact) mass is 281 g/mol. The van der Waals surface area contributed by atoms with Crippen molar-refractivity contribution in [3.8, 4) is 0 Å². The minimum absolute atomic E-state index is 0.00405. The number of sulfonamides is 1. The summed E-state index contributed by atoms with van der Waals surface area (Å²) < 4.78 is 24.2. The summed E-state index contributed by atoms with van der Waals surface area (Å²) in [5.74, 6) is -1.45. The topological polar surface area (TPSA) is 102 Å². The number of carbonyl (C=O) groups excluding carboxylic acids is 1. The fraction of sp³-hybridized carbons (Fsp3) is 0.250. The maximum Gasteiger partial charge on any atom is 0.209 e. The van der Waals surface area contributed by atoms with E-state index in [0.29, 0.717) is 5.69 Å². The number of para-hydroxylation sites is 1. The smallest absolute Gasteiger partial charge is 0.209 e. The second kappa shape index (κ2) is 5.02. The molecule has 0 saturated carbocycles. The van der Waals surface area contributed by atoms with Crippen LogP contribution in [0.15, 0.2) is 30.3 Å². The van der Waals surface area contributed by atoms with Crippen LogP contribution in [0.4, 0.5) is 0 Å². The molecule has 19 heavy (non-hydrogen) atoms. The van der Waals surface area contributed by atoms with Gasteiger partial charge in [0.25, 0.3) is 0 Å². The van der Waals surface area contributed by atoms with Gasteiger partial charge in [-0.1, -0.05) is 18.2 Å². The largest absolute Gasteiger partial charge is 0.548 e. The van der Waals surface area contributed by atoms with E-state index in [9.17, 15) is 18.3 Å². The van der Waals surface area contributed by atoms with Crippen molar-refractivity contribution >= 4 is 26.9 Å². The Balaban J connectivity index is 2.23. The summed E-state index contributed by atoms with van der Waals surface area (Å²) >= 11 is 0. The van der Waals surface area contributed by atoms with Gasteiger partial charge in [0.1, 0.15) is 0 Å². The van der Waals surface area contributed by atoms with Crippen LogP contribution in [0.25, 0.3) is 10.9 Å².